The Morgan fingerprint density at radius 1 is 1.38 bits per heavy atom. The Morgan fingerprint density at radius 2 is 2.12 bits per heavy atom. The van der Waals surface area contributed by atoms with Gasteiger partial charge in [0, 0.05) is 0 Å². The molecule has 0 aliphatic heterocycles. The molecule has 0 atom stereocenters. The summed E-state index contributed by atoms with van der Waals surface area (Å²) in [5.74, 6) is -1.06. The summed E-state index contributed by atoms with van der Waals surface area (Å²) < 4.78 is 18.5. The van der Waals surface area contributed by atoms with Crippen LogP contribution in [-0.2, 0) is 4.74 Å². The van der Waals surface area contributed by atoms with Crippen LogP contribution in [0.2, 0.25) is 0 Å². The molecular weight excluding hydrogens is 207 g/mol. The first-order valence-corrected chi connectivity index (χ1v) is 5.59. The van der Waals surface area contributed by atoms with Gasteiger partial charge in [-0.2, -0.15) is 0 Å². The summed E-state index contributed by atoms with van der Waals surface area (Å²) >= 11 is 0. The fraction of sp³-hybridized carbons (Fsp3) is 0.462. The first kappa shape index (κ1) is 12.7. The first-order chi connectivity index (χ1) is 7.66. The van der Waals surface area contributed by atoms with Gasteiger partial charge in [0.1, 0.15) is 5.82 Å². The molecule has 0 aliphatic carbocycles. The smallest absolute Gasteiger partial charge is 0.341 e. The van der Waals surface area contributed by atoms with Gasteiger partial charge >= 0.3 is 5.97 Å². The third kappa shape index (κ3) is 3.33. The number of hydrogen-bond acceptors (Lipinski definition) is 2. The maximum Gasteiger partial charge on any atom is 0.341 e. The van der Waals surface area contributed by atoms with Crippen molar-refractivity contribution in [2.75, 3.05) is 6.61 Å². The minimum Gasteiger partial charge on any atom is -0.462 e. The van der Waals surface area contributed by atoms with E-state index in [0.29, 0.717) is 12.2 Å². The van der Waals surface area contributed by atoms with Gasteiger partial charge in [-0.15, -0.1) is 0 Å². The van der Waals surface area contributed by atoms with Gasteiger partial charge in [-0.3, -0.25) is 0 Å². The third-order valence-corrected chi connectivity index (χ3v) is 2.39. The second kappa shape index (κ2) is 6.26. The van der Waals surface area contributed by atoms with Crippen LogP contribution in [0.4, 0.5) is 4.39 Å². The number of hydrogen-bond donors (Lipinski definition) is 0. The molecular formula is C13H17FO2. The molecule has 88 valence electrons. The highest BCUT2D eigenvalue weighted by Gasteiger charge is 2.13. The van der Waals surface area contributed by atoms with E-state index in [4.69, 9.17) is 4.74 Å². The van der Waals surface area contributed by atoms with Gasteiger partial charge in [-0.05, 0) is 25.0 Å². The van der Waals surface area contributed by atoms with E-state index in [0.717, 1.165) is 19.3 Å². The standard InChI is InChI=1S/C13H17FO2/c1-3-4-5-9-16-13(15)11-8-6-7-10(2)12(11)14/h6-8H,3-5,9H2,1-2H3. The van der Waals surface area contributed by atoms with Gasteiger partial charge < -0.3 is 4.74 Å². The van der Waals surface area contributed by atoms with Gasteiger partial charge in [0.15, 0.2) is 0 Å². The fourth-order valence-electron chi connectivity index (χ4n) is 1.40. The Hall–Kier alpha value is -1.38. The second-order valence-electron chi connectivity index (χ2n) is 3.78. The average Bonchev–Trinajstić information content (AvgIpc) is 2.28. The highest BCUT2D eigenvalue weighted by atomic mass is 19.1. The number of rotatable bonds is 5. The number of halogens is 1. The molecule has 0 aliphatic rings. The summed E-state index contributed by atoms with van der Waals surface area (Å²) in [5, 5.41) is 0. The molecule has 0 unspecified atom stereocenters. The van der Waals surface area contributed by atoms with Crippen molar-refractivity contribution >= 4 is 5.97 Å². The lowest BCUT2D eigenvalue weighted by atomic mass is 10.1. The molecule has 0 bridgehead atoms. The van der Waals surface area contributed by atoms with Crippen LogP contribution in [0.5, 0.6) is 0 Å². The maximum absolute atomic E-state index is 13.5. The summed E-state index contributed by atoms with van der Waals surface area (Å²) in [6, 6.07) is 4.73. The average molecular weight is 224 g/mol. The largest absolute Gasteiger partial charge is 0.462 e. The molecule has 0 spiro atoms. The van der Waals surface area contributed by atoms with Crippen LogP contribution >= 0.6 is 0 Å². The van der Waals surface area contributed by atoms with Crippen molar-refractivity contribution in [3.05, 3.63) is 35.1 Å². The van der Waals surface area contributed by atoms with Crippen LogP contribution in [-0.4, -0.2) is 12.6 Å². The van der Waals surface area contributed by atoms with E-state index in [9.17, 15) is 9.18 Å². The fourth-order valence-corrected chi connectivity index (χ4v) is 1.40. The zero-order valence-electron chi connectivity index (χ0n) is 9.75. The Kier molecular flexibility index (Phi) is 4.96. The number of carbonyl (C=O) groups is 1. The van der Waals surface area contributed by atoms with Crippen LogP contribution in [0.15, 0.2) is 18.2 Å². The maximum atomic E-state index is 13.5. The molecule has 0 radical (unpaired) electrons. The van der Waals surface area contributed by atoms with Crippen molar-refractivity contribution in [1.82, 2.24) is 0 Å². The number of carbonyl (C=O) groups excluding carboxylic acids is 1. The van der Waals surface area contributed by atoms with Crippen LogP contribution in [0.1, 0.15) is 42.1 Å². The molecule has 2 nitrogen and oxygen atoms in total. The van der Waals surface area contributed by atoms with Crippen LogP contribution < -0.4 is 0 Å². The third-order valence-electron chi connectivity index (χ3n) is 2.39. The van der Waals surface area contributed by atoms with Gasteiger partial charge in [0.2, 0.25) is 0 Å². The van der Waals surface area contributed by atoms with Crippen LogP contribution in [0.3, 0.4) is 0 Å². The summed E-state index contributed by atoms with van der Waals surface area (Å²) in [6.45, 7) is 4.06. The lowest BCUT2D eigenvalue weighted by Gasteiger charge is -2.06. The van der Waals surface area contributed by atoms with Crippen molar-refractivity contribution in [3.8, 4) is 0 Å². The second-order valence-corrected chi connectivity index (χ2v) is 3.78. The van der Waals surface area contributed by atoms with E-state index in [-0.39, 0.29) is 5.56 Å². The molecule has 1 aromatic rings. The highest BCUT2D eigenvalue weighted by Crippen LogP contribution is 2.13. The molecule has 0 saturated carbocycles. The molecule has 0 N–H and O–H groups in total. The minimum atomic E-state index is -0.572. The summed E-state index contributed by atoms with van der Waals surface area (Å²) in [4.78, 5) is 11.5. The number of esters is 1. The molecule has 0 aromatic heterocycles. The molecule has 0 amide bonds. The van der Waals surface area contributed by atoms with E-state index in [2.05, 4.69) is 6.92 Å². The van der Waals surface area contributed by atoms with Gasteiger partial charge in [0.25, 0.3) is 0 Å². The van der Waals surface area contributed by atoms with E-state index in [1.54, 1.807) is 19.1 Å². The molecule has 3 heteroatoms. The van der Waals surface area contributed by atoms with Gasteiger partial charge in [0.05, 0.1) is 12.2 Å². The van der Waals surface area contributed by atoms with E-state index in [1.807, 2.05) is 0 Å². The number of aryl methyl sites for hydroxylation is 1. The monoisotopic (exact) mass is 224 g/mol. The normalized spacial score (nSPS) is 10.2. The van der Waals surface area contributed by atoms with Crippen molar-refractivity contribution in [1.29, 1.82) is 0 Å². The Labute approximate surface area is 95.4 Å². The lowest BCUT2D eigenvalue weighted by Crippen LogP contribution is -2.09. The van der Waals surface area contributed by atoms with E-state index < -0.39 is 11.8 Å². The molecule has 0 fully saturated rings. The first-order valence-electron chi connectivity index (χ1n) is 5.59. The molecule has 16 heavy (non-hydrogen) atoms. The number of ether oxygens (including phenoxy) is 1. The Morgan fingerprint density at radius 3 is 2.81 bits per heavy atom. The van der Waals surface area contributed by atoms with Crippen molar-refractivity contribution in [2.24, 2.45) is 0 Å². The quantitative estimate of drug-likeness (QED) is 0.565. The van der Waals surface area contributed by atoms with Crippen LogP contribution in [0, 0.1) is 12.7 Å². The summed E-state index contributed by atoms with van der Waals surface area (Å²) in [6.07, 6.45) is 2.91. The van der Waals surface area contributed by atoms with E-state index >= 15 is 0 Å². The number of benzene rings is 1. The van der Waals surface area contributed by atoms with E-state index in [1.165, 1.54) is 6.07 Å². The predicted octanol–water partition coefficient (Wildman–Crippen LogP) is 3.48. The highest BCUT2D eigenvalue weighted by molar-refractivity contribution is 5.89. The molecule has 0 heterocycles. The Bertz CT molecular complexity index is 361. The summed E-state index contributed by atoms with van der Waals surface area (Å²) in [7, 11) is 0. The minimum absolute atomic E-state index is 0.0245. The topological polar surface area (TPSA) is 26.3 Å². The van der Waals surface area contributed by atoms with Crippen LogP contribution in [0.25, 0.3) is 0 Å². The summed E-state index contributed by atoms with van der Waals surface area (Å²) in [5.41, 5.74) is 0.486. The van der Waals surface area contributed by atoms with Gasteiger partial charge in [-0.1, -0.05) is 31.9 Å². The van der Waals surface area contributed by atoms with Crippen molar-refractivity contribution in [2.45, 2.75) is 33.1 Å². The number of unbranched alkanes of at least 4 members (excludes halogenated alkanes) is 2. The zero-order chi connectivity index (χ0) is 12.0. The lowest BCUT2D eigenvalue weighted by molar-refractivity contribution is 0.0492. The Balaban J connectivity index is 2.56. The molecule has 0 saturated heterocycles. The molecule has 1 aromatic carbocycles. The van der Waals surface area contributed by atoms with Crippen molar-refractivity contribution in [3.63, 3.8) is 0 Å². The predicted molar refractivity (Wildman–Crippen MR) is 60.9 cm³/mol. The molecule has 1 rings (SSSR count). The SMILES string of the molecule is CCCCCOC(=O)c1cccc(C)c1F. The zero-order valence-corrected chi connectivity index (χ0v) is 9.75. The van der Waals surface area contributed by atoms with Gasteiger partial charge in [-0.25, -0.2) is 9.18 Å². The van der Waals surface area contributed by atoms with Crippen molar-refractivity contribution < 1.29 is 13.9 Å².